The second-order valence-electron chi connectivity index (χ2n) is 4.97. The van der Waals surface area contributed by atoms with Crippen molar-refractivity contribution in [3.8, 4) is 0 Å². The third-order valence-corrected chi connectivity index (χ3v) is 3.69. The van der Waals surface area contributed by atoms with Gasteiger partial charge in [-0.2, -0.15) is 0 Å². The minimum Gasteiger partial charge on any atom is -0.397 e. The van der Waals surface area contributed by atoms with Crippen molar-refractivity contribution < 1.29 is 8.78 Å². The van der Waals surface area contributed by atoms with Crippen LogP contribution in [0, 0.1) is 11.6 Å². The van der Waals surface area contributed by atoms with E-state index < -0.39 is 11.6 Å². The average molecular weight is 255 g/mol. The Morgan fingerprint density at radius 1 is 1.22 bits per heavy atom. The lowest BCUT2D eigenvalue weighted by molar-refractivity contribution is 0.253. The normalized spacial score (nSPS) is 18.0. The van der Waals surface area contributed by atoms with Crippen LogP contribution in [0.1, 0.15) is 12.8 Å². The van der Waals surface area contributed by atoms with Crippen molar-refractivity contribution >= 4 is 11.4 Å². The molecule has 1 heterocycles. The van der Waals surface area contributed by atoms with Crippen LogP contribution in [0.4, 0.5) is 20.2 Å². The molecule has 18 heavy (non-hydrogen) atoms. The van der Waals surface area contributed by atoms with Crippen LogP contribution in [-0.4, -0.2) is 38.1 Å². The van der Waals surface area contributed by atoms with Gasteiger partial charge in [0.2, 0.25) is 0 Å². The number of anilines is 2. The van der Waals surface area contributed by atoms with E-state index in [0.29, 0.717) is 11.7 Å². The summed E-state index contributed by atoms with van der Waals surface area (Å²) in [7, 11) is 3.97. The maximum atomic E-state index is 13.3. The van der Waals surface area contributed by atoms with Gasteiger partial charge in [0.1, 0.15) is 0 Å². The number of nitrogens with two attached hydrogens (primary N) is 1. The molecule has 5 heteroatoms. The smallest absolute Gasteiger partial charge is 0.161 e. The number of rotatable bonds is 2. The van der Waals surface area contributed by atoms with Gasteiger partial charge in [-0.3, -0.25) is 0 Å². The van der Waals surface area contributed by atoms with Gasteiger partial charge >= 0.3 is 0 Å². The summed E-state index contributed by atoms with van der Waals surface area (Å²) in [6, 6.07) is 2.56. The maximum absolute atomic E-state index is 13.3. The van der Waals surface area contributed by atoms with E-state index in [0.717, 1.165) is 32.0 Å². The van der Waals surface area contributed by atoms with Crippen molar-refractivity contribution in [3.63, 3.8) is 0 Å². The monoisotopic (exact) mass is 255 g/mol. The van der Waals surface area contributed by atoms with E-state index in [1.54, 1.807) is 0 Å². The zero-order chi connectivity index (χ0) is 13.3. The fraction of sp³-hybridized carbons (Fsp3) is 0.538. The van der Waals surface area contributed by atoms with Crippen LogP contribution in [0.5, 0.6) is 0 Å². The molecule has 1 saturated heterocycles. The molecule has 1 fully saturated rings. The van der Waals surface area contributed by atoms with Gasteiger partial charge in [0.15, 0.2) is 11.6 Å². The number of likely N-dealkylation sites (tertiary alicyclic amines) is 1. The van der Waals surface area contributed by atoms with Gasteiger partial charge in [0.25, 0.3) is 0 Å². The predicted octanol–water partition coefficient (Wildman–Crippen LogP) is 2.08. The second-order valence-corrected chi connectivity index (χ2v) is 4.97. The highest BCUT2D eigenvalue weighted by Gasteiger charge is 2.22. The summed E-state index contributed by atoms with van der Waals surface area (Å²) in [5, 5.41) is 0. The van der Waals surface area contributed by atoms with Crippen LogP contribution in [0.25, 0.3) is 0 Å². The summed E-state index contributed by atoms with van der Waals surface area (Å²) in [5.41, 5.74) is 6.63. The molecule has 1 aromatic rings. The van der Waals surface area contributed by atoms with Gasteiger partial charge in [-0.1, -0.05) is 0 Å². The Balaban J connectivity index is 2.18. The zero-order valence-electron chi connectivity index (χ0n) is 10.8. The van der Waals surface area contributed by atoms with E-state index in [9.17, 15) is 8.78 Å². The molecule has 100 valence electrons. The molecule has 1 aromatic carbocycles. The molecule has 0 spiro atoms. The lowest BCUT2D eigenvalue weighted by atomic mass is 10.0. The lowest BCUT2D eigenvalue weighted by Gasteiger charge is -2.36. The highest BCUT2D eigenvalue weighted by Crippen LogP contribution is 2.29. The maximum Gasteiger partial charge on any atom is 0.161 e. The molecular formula is C13H19F2N3. The zero-order valence-corrected chi connectivity index (χ0v) is 10.8. The van der Waals surface area contributed by atoms with E-state index in [4.69, 9.17) is 5.73 Å². The predicted molar refractivity (Wildman–Crippen MR) is 69.7 cm³/mol. The Morgan fingerprint density at radius 3 is 2.39 bits per heavy atom. The summed E-state index contributed by atoms with van der Waals surface area (Å²) in [6.45, 7) is 2.02. The Bertz CT molecular complexity index is 428. The number of nitrogen functional groups attached to an aromatic ring is 1. The number of halogens is 2. The molecule has 1 aliphatic rings. The molecule has 0 bridgehead atoms. The summed E-state index contributed by atoms with van der Waals surface area (Å²) in [5.74, 6) is -1.74. The van der Waals surface area contributed by atoms with E-state index >= 15 is 0 Å². The molecule has 0 radical (unpaired) electrons. The first-order valence-electron chi connectivity index (χ1n) is 6.15. The van der Waals surface area contributed by atoms with Gasteiger partial charge in [-0.05, 0) is 33.0 Å². The lowest BCUT2D eigenvalue weighted by Crippen LogP contribution is -2.42. The van der Waals surface area contributed by atoms with Gasteiger partial charge in [-0.25, -0.2) is 8.78 Å². The number of piperidine rings is 1. The van der Waals surface area contributed by atoms with Crippen molar-refractivity contribution in [3.05, 3.63) is 23.8 Å². The summed E-state index contributed by atoms with van der Waals surface area (Å²) < 4.78 is 26.3. The van der Waals surface area contributed by atoms with Crippen molar-refractivity contribution in [2.24, 2.45) is 0 Å². The Morgan fingerprint density at radius 2 is 1.78 bits per heavy atom. The molecule has 0 saturated carbocycles. The minimum atomic E-state index is -0.895. The topological polar surface area (TPSA) is 32.5 Å². The molecule has 0 atom stereocenters. The molecular weight excluding hydrogens is 236 g/mol. The molecule has 0 amide bonds. The molecule has 2 rings (SSSR count). The van der Waals surface area contributed by atoms with Crippen LogP contribution >= 0.6 is 0 Å². The van der Waals surface area contributed by atoms with Crippen molar-refractivity contribution in [1.29, 1.82) is 0 Å². The summed E-state index contributed by atoms with van der Waals surface area (Å²) in [6.07, 6.45) is 2.01. The highest BCUT2D eigenvalue weighted by atomic mass is 19.2. The van der Waals surface area contributed by atoms with E-state index in [-0.39, 0.29) is 5.69 Å². The Hall–Kier alpha value is -1.36. The second kappa shape index (κ2) is 5.10. The first-order valence-corrected chi connectivity index (χ1v) is 6.15. The van der Waals surface area contributed by atoms with Gasteiger partial charge in [0.05, 0.1) is 11.4 Å². The summed E-state index contributed by atoms with van der Waals surface area (Å²) in [4.78, 5) is 4.23. The van der Waals surface area contributed by atoms with Gasteiger partial charge in [0, 0.05) is 25.2 Å². The fourth-order valence-electron chi connectivity index (χ4n) is 2.44. The van der Waals surface area contributed by atoms with E-state index in [1.807, 2.05) is 11.9 Å². The number of hydrogen-bond donors (Lipinski definition) is 1. The van der Waals surface area contributed by atoms with Crippen molar-refractivity contribution in [2.45, 2.75) is 18.9 Å². The first-order chi connectivity index (χ1) is 8.49. The first kappa shape index (κ1) is 13.1. The molecule has 3 nitrogen and oxygen atoms in total. The Labute approximate surface area is 106 Å². The van der Waals surface area contributed by atoms with Crippen LogP contribution in [0.15, 0.2) is 12.1 Å². The third-order valence-electron chi connectivity index (χ3n) is 3.69. The standard InChI is InChI=1S/C13H19F2N3/c1-17-5-3-9(4-6-17)18(2)13-8-11(15)10(14)7-12(13)16/h7-9H,3-6,16H2,1-2H3. The number of benzene rings is 1. The van der Waals surface area contributed by atoms with E-state index in [2.05, 4.69) is 11.9 Å². The number of hydrogen-bond acceptors (Lipinski definition) is 3. The molecule has 1 aliphatic heterocycles. The molecule has 0 aliphatic carbocycles. The SMILES string of the molecule is CN1CCC(N(C)c2cc(F)c(F)cc2N)CC1. The molecule has 0 aromatic heterocycles. The highest BCUT2D eigenvalue weighted by molar-refractivity contribution is 5.67. The number of nitrogens with zero attached hydrogens (tertiary/aromatic N) is 2. The van der Waals surface area contributed by atoms with Gasteiger partial charge < -0.3 is 15.5 Å². The minimum absolute atomic E-state index is 0.287. The van der Waals surface area contributed by atoms with Crippen LogP contribution < -0.4 is 10.6 Å². The van der Waals surface area contributed by atoms with Crippen LogP contribution in [0.3, 0.4) is 0 Å². The van der Waals surface area contributed by atoms with Gasteiger partial charge in [-0.15, -0.1) is 0 Å². The summed E-state index contributed by atoms with van der Waals surface area (Å²) >= 11 is 0. The third kappa shape index (κ3) is 2.56. The molecule has 0 unspecified atom stereocenters. The Kier molecular flexibility index (Phi) is 3.71. The van der Waals surface area contributed by atoms with Crippen molar-refractivity contribution in [2.75, 3.05) is 37.8 Å². The average Bonchev–Trinajstić information content (AvgIpc) is 2.34. The quantitative estimate of drug-likeness (QED) is 0.821. The van der Waals surface area contributed by atoms with Crippen molar-refractivity contribution in [1.82, 2.24) is 4.90 Å². The largest absolute Gasteiger partial charge is 0.397 e. The molecule has 2 N–H and O–H groups in total. The van der Waals surface area contributed by atoms with Crippen LogP contribution in [-0.2, 0) is 0 Å². The fourth-order valence-corrected chi connectivity index (χ4v) is 2.44. The van der Waals surface area contributed by atoms with Crippen LogP contribution in [0.2, 0.25) is 0 Å². The van der Waals surface area contributed by atoms with E-state index in [1.165, 1.54) is 6.07 Å².